The third-order valence-corrected chi connectivity index (χ3v) is 3.77. The zero-order valence-corrected chi connectivity index (χ0v) is 11.9. The molecule has 1 heterocycles. The second kappa shape index (κ2) is 5.71. The third-order valence-electron chi connectivity index (χ3n) is 2.84. The average Bonchev–Trinajstić information content (AvgIpc) is 2.66. The first kappa shape index (κ1) is 15.0. The molecule has 1 aromatic rings. The lowest BCUT2D eigenvalue weighted by Crippen LogP contribution is -2.24. The summed E-state index contributed by atoms with van der Waals surface area (Å²) in [5.41, 5.74) is -0.0369. The number of aromatic nitrogens is 3. The number of aliphatic carboxylic acids is 1. The first-order valence-corrected chi connectivity index (χ1v) is 6.65. The maximum Gasteiger partial charge on any atom is 0.313 e. The molecule has 0 saturated carbocycles. The molecule has 0 saturated heterocycles. The van der Waals surface area contributed by atoms with Crippen molar-refractivity contribution in [2.45, 2.75) is 45.5 Å². The SMILES string of the molecule is CC(n1c(CO)nnc1SCC(=O)O)C(C)(C)C. The molecule has 0 radical (unpaired) electrons. The molecule has 102 valence electrons. The van der Waals surface area contributed by atoms with Crippen molar-refractivity contribution in [2.24, 2.45) is 5.41 Å². The Balaban J connectivity index is 3.06. The number of rotatable bonds is 5. The van der Waals surface area contributed by atoms with Gasteiger partial charge in [0, 0.05) is 6.04 Å². The van der Waals surface area contributed by atoms with E-state index in [-0.39, 0.29) is 23.8 Å². The van der Waals surface area contributed by atoms with Crippen LogP contribution in [0.1, 0.15) is 39.6 Å². The fraction of sp³-hybridized carbons (Fsp3) is 0.727. The van der Waals surface area contributed by atoms with Crippen LogP contribution in [-0.2, 0) is 11.4 Å². The Morgan fingerprint density at radius 1 is 1.44 bits per heavy atom. The van der Waals surface area contributed by atoms with Crippen LogP contribution in [0.3, 0.4) is 0 Å². The van der Waals surface area contributed by atoms with Crippen LogP contribution in [-0.4, -0.2) is 36.7 Å². The number of aliphatic hydroxyl groups excluding tert-OH is 1. The number of hydrogen-bond acceptors (Lipinski definition) is 5. The molecule has 2 N–H and O–H groups in total. The highest BCUT2D eigenvalue weighted by Crippen LogP contribution is 2.33. The number of carbonyl (C=O) groups is 1. The molecular formula is C11H19N3O3S. The Bertz CT molecular complexity index is 426. The van der Waals surface area contributed by atoms with Gasteiger partial charge in [0.1, 0.15) is 6.61 Å². The molecule has 7 heteroatoms. The normalized spacial score (nSPS) is 13.6. The predicted molar refractivity (Wildman–Crippen MR) is 68.5 cm³/mol. The summed E-state index contributed by atoms with van der Waals surface area (Å²) >= 11 is 1.11. The minimum Gasteiger partial charge on any atom is -0.481 e. The van der Waals surface area contributed by atoms with Crippen LogP contribution < -0.4 is 0 Å². The van der Waals surface area contributed by atoms with Crippen molar-refractivity contribution in [3.8, 4) is 0 Å². The lowest BCUT2D eigenvalue weighted by molar-refractivity contribution is -0.133. The van der Waals surface area contributed by atoms with E-state index >= 15 is 0 Å². The highest BCUT2D eigenvalue weighted by atomic mass is 32.2. The van der Waals surface area contributed by atoms with Gasteiger partial charge in [-0.1, -0.05) is 32.5 Å². The lowest BCUT2D eigenvalue weighted by atomic mass is 9.88. The van der Waals surface area contributed by atoms with Crippen molar-refractivity contribution in [3.05, 3.63) is 5.82 Å². The van der Waals surface area contributed by atoms with E-state index in [9.17, 15) is 9.90 Å². The maximum absolute atomic E-state index is 10.6. The van der Waals surface area contributed by atoms with E-state index < -0.39 is 5.97 Å². The number of carboxylic acids is 1. The zero-order valence-electron chi connectivity index (χ0n) is 11.0. The van der Waals surface area contributed by atoms with Gasteiger partial charge in [0.2, 0.25) is 0 Å². The molecule has 1 unspecified atom stereocenters. The van der Waals surface area contributed by atoms with Gasteiger partial charge in [0.15, 0.2) is 11.0 Å². The molecule has 18 heavy (non-hydrogen) atoms. The first-order valence-electron chi connectivity index (χ1n) is 5.66. The van der Waals surface area contributed by atoms with Crippen LogP contribution in [0.2, 0.25) is 0 Å². The monoisotopic (exact) mass is 273 g/mol. The minimum atomic E-state index is -0.900. The summed E-state index contributed by atoms with van der Waals surface area (Å²) in [6.07, 6.45) is 0. The summed E-state index contributed by atoms with van der Waals surface area (Å²) in [4.78, 5) is 10.6. The Morgan fingerprint density at radius 3 is 2.50 bits per heavy atom. The van der Waals surface area contributed by atoms with Crippen molar-refractivity contribution in [2.75, 3.05) is 5.75 Å². The van der Waals surface area contributed by atoms with Crippen molar-refractivity contribution in [3.63, 3.8) is 0 Å². The molecule has 0 bridgehead atoms. The summed E-state index contributed by atoms with van der Waals surface area (Å²) in [7, 11) is 0. The minimum absolute atomic E-state index is 0.0369. The summed E-state index contributed by atoms with van der Waals surface area (Å²) in [5.74, 6) is -0.505. The fourth-order valence-electron chi connectivity index (χ4n) is 1.42. The van der Waals surface area contributed by atoms with Crippen LogP contribution in [0.4, 0.5) is 0 Å². The number of nitrogens with zero attached hydrogens (tertiary/aromatic N) is 3. The fourth-order valence-corrected chi connectivity index (χ4v) is 2.17. The second-order valence-electron chi connectivity index (χ2n) is 5.15. The molecule has 0 aliphatic rings. The van der Waals surface area contributed by atoms with E-state index in [0.29, 0.717) is 11.0 Å². The van der Waals surface area contributed by atoms with Crippen LogP contribution in [0.25, 0.3) is 0 Å². The van der Waals surface area contributed by atoms with E-state index in [1.807, 2.05) is 11.5 Å². The van der Waals surface area contributed by atoms with E-state index in [4.69, 9.17) is 5.11 Å². The highest BCUT2D eigenvalue weighted by Gasteiger charge is 2.27. The Morgan fingerprint density at radius 2 is 2.06 bits per heavy atom. The second-order valence-corrected chi connectivity index (χ2v) is 6.09. The molecule has 0 aromatic carbocycles. The van der Waals surface area contributed by atoms with Gasteiger partial charge in [-0.2, -0.15) is 0 Å². The van der Waals surface area contributed by atoms with E-state index in [0.717, 1.165) is 11.8 Å². The van der Waals surface area contributed by atoms with Crippen LogP contribution in [0.5, 0.6) is 0 Å². The van der Waals surface area contributed by atoms with Crippen molar-refractivity contribution < 1.29 is 15.0 Å². The van der Waals surface area contributed by atoms with Gasteiger partial charge in [-0.05, 0) is 12.3 Å². The summed E-state index contributed by atoms with van der Waals surface area (Å²) in [5, 5.41) is 26.3. The van der Waals surface area contributed by atoms with Gasteiger partial charge in [-0.25, -0.2) is 0 Å². The van der Waals surface area contributed by atoms with Gasteiger partial charge >= 0.3 is 5.97 Å². The van der Waals surface area contributed by atoms with Gasteiger partial charge < -0.3 is 14.8 Å². The van der Waals surface area contributed by atoms with Gasteiger partial charge in [-0.15, -0.1) is 10.2 Å². The van der Waals surface area contributed by atoms with Gasteiger partial charge in [0.05, 0.1) is 5.75 Å². The number of carboxylic acid groups (broad SMARTS) is 1. The van der Waals surface area contributed by atoms with Crippen molar-refractivity contribution in [1.29, 1.82) is 0 Å². The topological polar surface area (TPSA) is 88.2 Å². The standard InChI is InChI=1S/C11H19N3O3S/c1-7(11(2,3)4)14-8(5-15)12-13-10(14)18-6-9(16)17/h7,15H,5-6H2,1-4H3,(H,16,17). The van der Waals surface area contributed by atoms with Gasteiger partial charge in [-0.3, -0.25) is 4.79 Å². The van der Waals surface area contributed by atoms with E-state index in [1.165, 1.54) is 0 Å². The number of aliphatic hydroxyl groups is 1. The highest BCUT2D eigenvalue weighted by molar-refractivity contribution is 7.99. The lowest BCUT2D eigenvalue weighted by Gasteiger charge is -2.30. The maximum atomic E-state index is 10.6. The molecule has 1 rings (SSSR count). The third kappa shape index (κ3) is 3.46. The van der Waals surface area contributed by atoms with Gasteiger partial charge in [0.25, 0.3) is 0 Å². The number of hydrogen-bond donors (Lipinski definition) is 2. The van der Waals surface area contributed by atoms with Crippen molar-refractivity contribution >= 4 is 17.7 Å². The molecular weight excluding hydrogens is 254 g/mol. The summed E-state index contributed by atoms with van der Waals surface area (Å²) in [6.45, 7) is 8.02. The molecule has 1 atom stereocenters. The molecule has 1 aromatic heterocycles. The van der Waals surface area contributed by atoms with Crippen LogP contribution in [0.15, 0.2) is 5.16 Å². The quantitative estimate of drug-likeness (QED) is 0.791. The molecule has 0 spiro atoms. The average molecular weight is 273 g/mol. The molecule has 0 aliphatic carbocycles. The molecule has 6 nitrogen and oxygen atoms in total. The Hall–Kier alpha value is -1.08. The van der Waals surface area contributed by atoms with E-state index in [2.05, 4.69) is 31.0 Å². The van der Waals surface area contributed by atoms with Crippen LogP contribution >= 0.6 is 11.8 Å². The van der Waals surface area contributed by atoms with E-state index in [1.54, 1.807) is 0 Å². The zero-order chi connectivity index (χ0) is 13.9. The molecule has 0 aliphatic heterocycles. The molecule has 0 fully saturated rings. The Kier molecular flexibility index (Phi) is 4.75. The van der Waals surface area contributed by atoms with Crippen molar-refractivity contribution in [1.82, 2.24) is 14.8 Å². The molecule has 0 amide bonds. The summed E-state index contributed by atoms with van der Waals surface area (Å²) in [6, 6.07) is 0.0611. The predicted octanol–water partition coefficient (Wildman–Crippen LogP) is 1.55. The number of thioether (sulfide) groups is 1. The van der Waals surface area contributed by atoms with Crippen LogP contribution in [0, 0.1) is 5.41 Å². The smallest absolute Gasteiger partial charge is 0.313 e. The first-order chi connectivity index (χ1) is 8.27. The largest absolute Gasteiger partial charge is 0.481 e. The summed E-state index contributed by atoms with van der Waals surface area (Å²) < 4.78 is 1.81. The Labute approximate surface area is 110 Å².